The third kappa shape index (κ3) is 2.81. The van der Waals surface area contributed by atoms with Crippen molar-refractivity contribution in [3.63, 3.8) is 0 Å². The highest BCUT2D eigenvalue weighted by molar-refractivity contribution is 6.21. The lowest BCUT2D eigenvalue weighted by Crippen LogP contribution is -1.98. The highest BCUT2D eigenvalue weighted by atomic mass is 35.5. The van der Waals surface area contributed by atoms with E-state index in [1.165, 1.54) is 0 Å². The maximum atomic E-state index is 11.2. The van der Waals surface area contributed by atoms with E-state index in [1.54, 1.807) is 19.2 Å². The average Bonchev–Trinajstić information content (AvgIpc) is 2.86. The van der Waals surface area contributed by atoms with E-state index in [4.69, 9.17) is 20.8 Å². The number of H-pyrrole nitrogens is 1. The van der Waals surface area contributed by atoms with Gasteiger partial charge in [-0.05, 0) is 35.7 Å². The summed E-state index contributed by atoms with van der Waals surface area (Å²) in [5.74, 6) is 0.357. The Kier molecular flexibility index (Phi) is 3.71. The highest BCUT2D eigenvalue weighted by Gasteiger charge is 2.13. The Hall–Kier alpha value is -2.20. The van der Waals surface area contributed by atoms with Crippen molar-refractivity contribution in [1.29, 1.82) is 0 Å². The van der Waals surface area contributed by atoms with E-state index < -0.39 is 5.76 Å². The molecule has 1 N–H and O–H groups in total. The molecule has 108 valence electrons. The quantitative estimate of drug-likeness (QED) is 0.748. The van der Waals surface area contributed by atoms with Gasteiger partial charge in [-0.2, -0.15) is 0 Å². The van der Waals surface area contributed by atoms with E-state index in [9.17, 15) is 4.79 Å². The molecule has 0 bridgehead atoms. The number of methoxy groups -OCH3 is 1. The van der Waals surface area contributed by atoms with Crippen molar-refractivity contribution < 1.29 is 9.15 Å². The number of nitrogens with one attached hydrogen (secondary N) is 1. The van der Waals surface area contributed by atoms with Crippen LogP contribution in [0.3, 0.4) is 0 Å². The minimum atomic E-state index is -0.460. The van der Waals surface area contributed by atoms with Crippen LogP contribution in [0, 0.1) is 0 Å². The number of oxazole rings is 1. The largest absolute Gasteiger partial charge is 0.496 e. The highest BCUT2D eigenvalue weighted by Crippen LogP contribution is 2.30. The Balaban J connectivity index is 1.89. The summed E-state index contributed by atoms with van der Waals surface area (Å²) in [6.07, 6.45) is 0.631. The standard InChI is InChI=1S/C16H14ClNO3/c1-20-14-5-3-2-4-11(14)8-12(17)10-6-7-13-15(9-10)21-16(19)18-13/h2-7,9,12H,8H2,1H3,(H,18,19). The summed E-state index contributed by atoms with van der Waals surface area (Å²) in [4.78, 5) is 13.8. The normalized spacial score (nSPS) is 12.5. The van der Waals surface area contributed by atoms with Crippen LogP contribution in [-0.2, 0) is 6.42 Å². The van der Waals surface area contributed by atoms with Gasteiger partial charge in [0.15, 0.2) is 5.58 Å². The van der Waals surface area contributed by atoms with Crippen LogP contribution in [0.25, 0.3) is 11.1 Å². The van der Waals surface area contributed by atoms with Crippen LogP contribution in [0.4, 0.5) is 0 Å². The van der Waals surface area contributed by atoms with Crippen molar-refractivity contribution in [2.75, 3.05) is 7.11 Å². The fourth-order valence-corrected chi connectivity index (χ4v) is 2.64. The number of hydrogen-bond donors (Lipinski definition) is 1. The number of ether oxygens (including phenoxy) is 1. The van der Waals surface area contributed by atoms with Crippen LogP contribution in [0.5, 0.6) is 5.75 Å². The molecule has 1 heterocycles. The molecule has 3 aromatic rings. The molecule has 0 aliphatic carbocycles. The van der Waals surface area contributed by atoms with Crippen LogP contribution < -0.4 is 10.5 Å². The number of aromatic nitrogens is 1. The second kappa shape index (κ2) is 5.66. The molecule has 0 amide bonds. The van der Waals surface area contributed by atoms with Crippen molar-refractivity contribution in [3.05, 3.63) is 64.1 Å². The minimum absolute atomic E-state index is 0.231. The number of rotatable bonds is 4. The molecule has 5 heteroatoms. The van der Waals surface area contributed by atoms with E-state index >= 15 is 0 Å². The fraction of sp³-hybridized carbons (Fsp3) is 0.188. The lowest BCUT2D eigenvalue weighted by Gasteiger charge is -2.12. The molecule has 0 aliphatic rings. The van der Waals surface area contributed by atoms with Crippen LogP contribution in [-0.4, -0.2) is 12.1 Å². The predicted octanol–water partition coefficient (Wildman–Crippen LogP) is 3.65. The maximum absolute atomic E-state index is 11.2. The van der Waals surface area contributed by atoms with Crippen molar-refractivity contribution in [1.82, 2.24) is 4.98 Å². The molecule has 1 aromatic heterocycles. The number of aromatic amines is 1. The number of para-hydroxylation sites is 1. The molecular formula is C16H14ClNO3. The van der Waals surface area contributed by atoms with Crippen molar-refractivity contribution in [3.8, 4) is 5.75 Å². The molecule has 3 rings (SSSR count). The van der Waals surface area contributed by atoms with Gasteiger partial charge >= 0.3 is 5.76 Å². The van der Waals surface area contributed by atoms with E-state index in [0.29, 0.717) is 17.5 Å². The smallest absolute Gasteiger partial charge is 0.417 e. The first-order valence-corrected chi connectivity index (χ1v) is 7.00. The van der Waals surface area contributed by atoms with Gasteiger partial charge in [0.25, 0.3) is 0 Å². The summed E-state index contributed by atoms with van der Waals surface area (Å²) in [6.45, 7) is 0. The van der Waals surface area contributed by atoms with E-state index in [2.05, 4.69) is 4.98 Å². The monoisotopic (exact) mass is 303 g/mol. The zero-order valence-corrected chi connectivity index (χ0v) is 12.2. The molecule has 1 atom stereocenters. The number of halogens is 1. The molecule has 21 heavy (non-hydrogen) atoms. The first kappa shape index (κ1) is 13.8. The van der Waals surface area contributed by atoms with Gasteiger partial charge in [-0.25, -0.2) is 4.79 Å². The maximum Gasteiger partial charge on any atom is 0.417 e. The lowest BCUT2D eigenvalue weighted by molar-refractivity contribution is 0.409. The third-order valence-corrected chi connectivity index (χ3v) is 3.80. The van der Waals surface area contributed by atoms with Crippen LogP contribution in [0.1, 0.15) is 16.5 Å². The Morgan fingerprint density at radius 2 is 2.10 bits per heavy atom. The first-order valence-electron chi connectivity index (χ1n) is 6.56. The molecule has 0 fully saturated rings. The molecule has 4 nitrogen and oxygen atoms in total. The minimum Gasteiger partial charge on any atom is -0.496 e. The second-order valence-electron chi connectivity index (χ2n) is 4.75. The zero-order chi connectivity index (χ0) is 14.8. The number of benzene rings is 2. The number of hydrogen-bond acceptors (Lipinski definition) is 3. The Morgan fingerprint density at radius 3 is 2.90 bits per heavy atom. The summed E-state index contributed by atoms with van der Waals surface area (Å²) in [7, 11) is 1.64. The SMILES string of the molecule is COc1ccccc1CC(Cl)c1ccc2[nH]c(=O)oc2c1. The second-order valence-corrected chi connectivity index (χ2v) is 5.28. The van der Waals surface area contributed by atoms with E-state index in [0.717, 1.165) is 16.9 Å². The first-order chi connectivity index (χ1) is 10.2. The topological polar surface area (TPSA) is 55.2 Å². The van der Waals surface area contributed by atoms with Gasteiger partial charge in [-0.3, -0.25) is 4.98 Å². The van der Waals surface area contributed by atoms with Gasteiger partial charge in [0.2, 0.25) is 0 Å². The van der Waals surface area contributed by atoms with Gasteiger partial charge in [0.1, 0.15) is 5.75 Å². The van der Waals surface area contributed by atoms with Crippen molar-refractivity contribution in [2.24, 2.45) is 0 Å². The fourth-order valence-electron chi connectivity index (χ4n) is 2.34. The predicted molar refractivity (Wildman–Crippen MR) is 82.1 cm³/mol. The number of alkyl halides is 1. The zero-order valence-electron chi connectivity index (χ0n) is 11.4. The summed E-state index contributed by atoms with van der Waals surface area (Å²) in [6, 6.07) is 13.3. The Morgan fingerprint density at radius 1 is 1.29 bits per heavy atom. The van der Waals surface area contributed by atoms with E-state index in [-0.39, 0.29) is 5.38 Å². The molecule has 0 saturated carbocycles. The van der Waals surface area contributed by atoms with Gasteiger partial charge in [-0.1, -0.05) is 24.3 Å². The summed E-state index contributed by atoms with van der Waals surface area (Å²) in [5, 5.41) is -0.231. The molecule has 1 unspecified atom stereocenters. The van der Waals surface area contributed by atoms with Gasteiger partial charge < -0.3 is 9.15 Å². The molecule has 0 saturated heterocycles. The number of fused-ring (bicyclic) bond motifs is 1. The molecule has 0 radical (unpaired) electrons. The Labute approximate surface area is 126 Å². The summed E-state index contributed by atoms with van der Waals surface area (Å²) < 4.78 is 10.4. The van der Waals surface area contributed by atoms with E-state index in [1.807, 2.05) is 30.3 Å². The molecule has 2 aromatic carbocycles. The summed E-state index contributed by atoms with van der Waals surface area (Å²) >= 11 is 6.49. The third-order valence-electron chi connectivity index (χ3n) is 3.40. The van der Waals surface area contributed by atoms with Gasteiger partial charge in [0, 0.05) is 0 Å². The van der Waals surface area contributed by atoms with Gasteiger partial charge in [-0.15, -0.1) is 11.6 Å². The van der Waals surface area contributed by atoms with Crippen LogP contribution >= 0.6 is 11.6 Å². The van der Waals surface area contributed by atoms with Crippen molar-refractivity contribution >= 4 is 22.7 Å². The Bertz CT molecular complexity index is 822. The van der Waals surface area contributed by atoms with Crippen LogP contribution in [0.15, 0.2) is 51.7 Å². The lowest BCUT2D eigenvalue weighted by atomic mass is 10.0. The molecule has 0 spiro atoms. The average molecular weight is 304 g/mol. The van der Waals surface area contributed by atoms with Crippen LogP contribution in [0.2, 0.25) is 0 Å². The molecule has 0 aliphatic heterocycles. The van der Waals surface area contributed by atoms with Crippen molar-refractivity contribution in [2.45, 2.75) is 11.8 Å². The summed E-state index contributed by atoms with van der Waals surface area (Å²) in [5.41, 5.74) is 3.13. The van der Waals surface area contributed by atoms with Gasteiger partial charge in [0.05, 0.1) is 18.0 Å². The molecular weight excluding hydrogens is 290 g/mol.